The summed E-state index contributed by atoms with van der Waals surface area (Å²) in [5.41, 5.74) is 7.02. The van der Waals surface area contributed by atoms with Crippen LogP contribution in [0.4, 0.5) is 0 Å². The van der Waals surface area contributed by atoms with Crippen molar-refractivity contribution in [3.63, 3.8) is 0 Å². The molecule has 1 amide bonds. The molecule has 0 aliphatic carbocycles. The first-order chi connectivity index (χ1) is 9.60. The second-order valence-corrected chi connectivity index (χ2v) is 5.61. The van der Waals surface area contributed by atoms with Gasteiger partial charge < -0.3 is 15.4 Å². The number of ether oxygens (including phenoxy) is 1. The van der Waals surface area contributed by atoms with Gasteiger partial charge in [-0.05, 0) is 43.4 Å². The van der Waals surface area contributed by atoms with Crippen LogP contribution < -0.4 is 10.5 Å². The molecule has 2 N–H and O–H groups in total. The number of hydrogen-bond acceptors (Lipinski definition) is 3. The zero-order chi connectivity index (χ0) is 14.5. The van der Waals surface area contributed by atoms with Crippen LogP contribution in [0.1, 0.15) is 37.7 Å². The number of nitrogens with two attached hydrogens (primary N) is 1. The Labute approximate surface area is 120 Å². The van der Waals surface area contributed by atoms with Gasteiger partial charge in [-0.25, -0.2) is 0 Å². The molecule has 1 fully saturated rings. The number of piperidine rings is 1. The number of amides is 1. The van der Waals surface area contributed by atoms with E-state index in [1.807, 2.05) is 24.0 Å². The zero-order valence-electron chi connectivity index (χ0n) is 12.3. The van der Waals surface area contributed by atoms with E-state index in [-0.39, 0.29) is 11.9 Å². The van der Waals surface area contributed by atoms with Crippen molar-refractivity contribution in [2.75, 3.05) is 20.2 Å². The predicted octanol–water partition coefficient (Wildman–Crippen LogP) is 2.14. The quantitative estimate of drug-likeness (QED) is 0.916. The summed E-state index contributed by atoms with van der Waals surface area (Å²) in [6.45, 7) is 3.55. The number of carbonyl (C=O) groups excluding carboxylic acids is 1. The monoisotopic (exact) mass is 276 g/mol. The lowest BCUT2D eigenvalue weighted by atomic mass is 9.89. The molecule has 1 aromatic carbocycles. The third-order valence-electron chi connectivity index (χ3n) is 3.93. The summed E-state index contributed by atoms with van der Waals surface area (Å²) < 4.78 is 5.18. The molecular weight excluding hydrogens is 252 g/mol. The molecule has 1 unspecified atom stereocenters. The van der Waals surface area contributed by atoms with Crippen molar-refractivity contribution >= 4 is 5.91 Å². The van der Waals surface area contributed by atoms with Crippen LogP contribution in [0.3, 0.4) is 0 Å². The second-order valence-electron chi connectivity index (χ2n) is 5.61. The minimum atomic E-state index is -0.0539. The van der Waals surface area contributed by atoms with Crippen LogP contribution in [0.2, 0.25) is 0 Å². The molecule has 1 aliphatic heterocycles. The molecule has 20 heavy (non-hydrogen) atoms. The van der Waals surface area contributed by atoms with Crippen molar-refractivity contribution in [3.05, 3.63) is 29.8 Å². The van der Waals surface area contributed by atoms with Crippen LogP contribution in [-0.2, 0) is 4.79 Å². The van der Waals surface area contributed by atoms with Gasteiger partial charge in [-0.1, -0.05) is 12.1 Å². The number of hydrogen-bond donors (Lipinski definition) is 1. The summed E-state index contributed by atoms with van der Waals surface area (Å²) in [4.78, 5) is 13.9. The molecule has 1 atom stereocenters. The average molecular weight is 276 g/mol. The van der Waals surface area contributed by atoms with E-state index in [1.165, 1.54) is 5.56 Å². The highest BCUT2D eigenvalue weighted by Crippen LogP contribution is 2.29. The fraction of sp³-hybridized carbons (Fsp3) is 0.562. The van der Waals surface area contributed by atoms with E-state index in [2.05, 4.69) is 12.1 Å². The summed E-state index contributed by atoms with van der Waals surface area (Å²) in [5.74, 6) is 1.62. The Morgan fingerprint density at radius 1 is 1.35 bits per heavy atom. The highest BCUT2D eigenvalue weighted by atomic mass is 16.5. The van der Waals surface area contributed by atoms with Gasteiger partial charge >= 0.3 is 0 Å². The molecule has 4 nitrogen and oxygen atoms in total. The molecule has 4 heteroatoms. The van der Waals surface area contributed by atoms with Gasteiger partial charge in [0, 0.05) is 25.6 Å². The van der Waals surface area contributed by atoms with Gasteiger partial charge in [0.05, 0.1) is 7.11 Å². The van der Waals surface area contributed by atoms with Crippen LogP contribution in [-0.4, -0.2) is 37.0 Å². The summed E-state index contributed by atoms with van der Waals surface area (Å²) in [6.07, 6.45) is 2.50. The van der Waals surface area contributed by atoms with Crippen LogP contribution in [0.5, 0.6) is 5.75 Å². The van der Waals surface area contributed by atoms with E-state index in [9.17, 15) is 4.79 Å². The first-order valence-electron chi connectivity index (χ1n) is 7.27. The third kappa shape index (κ3) is 3.73. The van der Waals surface area contributed by atoms with Crippen LogP contribution in [0.25, 0.3) is 0 Å². The molecule has 0 radical (unpaired) electrons. The Bertz CT molecular complexity index is 434. The maximum absolute atomic E-state index is 12.0. The highest BCUT2D eigenvalue weighted by molar-refractivity contribution is 5.76. The summed E-state index contributed by atoms with van der Waals surface area (Å²) in [6, 6.07) is 8.21. The Balaban J connectivity index is 1.88. The Morgan fingerprint density at radius 3 is 2.45 bits per heavy atom. The second kappa shape index (κ2) is 6.75. The molecule has 1 saturated heterocycles. The predicted molar refractivity (Wildman–Crippen MR) is 79.8 cm³/mol. The Hall–Kier alpha value is -1.55. The molecule has 0 saturated carbocycles. The van der Waals surface area contributed by atoms with E-state index in [0.29, 0.717) is 12.3 Å². The molecule has 0 spiro atoms. The smallest absolute Gasteiger partial charge is 0.224 e. The maximum Gasteiger partial charge on any atom is 0.224 e. The lowest BCUT2D eigenvalue weighted by Crippen LogP contribution is -2.40. The number of nitrogens with zero attached hydrogens (tertiary/aromatic N) is 1. The van der Waals surface area contributed by atoms with Crippen molar-refractivity contribution in [2.45, 2.75) is 38.1 Å². The Morgan fingerprint density at radius 2 is 1.95 bits per heavy atom. The topological polar surface area (TPSA) is 55.6 Å². The molecular formula is C16H24N2O2. The van der Waals surface area contributed by atoms with Crippen molar-refractivity contribution in [1.29, 1.82) is 0 Å². The molecule has 2 rings (SSSR count). The van der Waals surface area contributed by atoms with Gasteiger partial charge in [0.15, 0.2) is 0 Å². The van der Waals surface area contributed by atoms with Gasteiger partial charge in [-0.15, -0.1) is 0 Å². The van der Waals surface area contributed by atoms with Crippen LogP contribution in [0, 0.1) is 0 Å². The summed E-state index contributed by atoms with van der Waals surface area (Å²) in [5, 5.41) is 0. The van der Waals surface area contributed by atoms with Crippen molar-refractivity contribution in [2.24, 2.45) is 5.73 Å². The van der Waals surface area contributed by atoms with E-state index in [4.69, 9.17) is 10.5 Å². The molecule has 0 bridgehead atoms. The first kappa shape index (κ1) is 14.9. The minimum absolute atomic E-state index is 0.0539. The average Bonchev–Trinajstić information content (AvgIpc) is 2.47. The third-order valence-corrected chi connectivity index (χ3v) is 3.93. The van der Waals surface area contributed by atoms with Gasteiger partial charge in [0.25, 0.3) is 0 Å². The van der Waals surface area contributed by atoms with E-state index in [0.717, 1.165) is 31.7 Å². The van der Waals surface area contributed by atoms with Gasteiger partial charge in [-0.2, -0.15) is 0 Å². The normalized spacial score (nSPS) is 17.9. The van der Waals surface area contributed by atoms with E-state index >= 15 is 0 Å². The fourth-order valence-corrected chi connectivity index (χ4v) is 2.74. The molecule has 1 heterocycles. The largest absolute Gasteiger partial charge is 0.497 e. The fourth-order valence-electron chi connectivity index (χ4n) is 2.74. The summed E-state index contributed by atoms with van der Waals surface area (Å²) in [7, 11) is 1.68. The summed E-state index contributed by atoms with van der Waals surface area (Å²) >= 11 is 0. The van der Waals surface area contributed by atoms with Crippen LogP contribution >= 0.6 is 0 Å². The highest BCUT2D eigenvalue weighted by Gasteiger charge is 2.24. The van der Waals surface area contributed by atoms with Crippen molar-refractivity contribution in [3.8, 4) is 5.75 Å². The van der Waals surface area contributed by atoms with Crippen molar-refractivity contribution in [1.82, 2.24) is 4.90 Å². The number of carbonyl (C=O) groups is 1. The number of rotatable bonds is 4. The molecule has 1 aliphatic rings. The number of methoxy groups -OCH3 is 1. The molecule has 110 valence electrons. The standard InChI is InChI=1S/C16H24N2O2/c1-12(17)11-16(19)18-9-7-14(8-10-18)13-3-5-15(20-2)6-4-13/h3-6,12,14H,7-11,17H2,1-2H3. The van der Waals surface area contributed by atoms with Gasteiger partial charge in [0.2, 0.25) is 5.91 Å². The SMILES string of the molecule is COc1ccc(C2CCN(C(=O)CC(C)N)CC2)cc1. The van der Waals surface area contributed by atoms with Crippen molar-refractivity contribution < 1.29 is 9.53 Å². The number of likely N-dealkylation sites (tertiary alicyclic amines) is 1. The maximum atomic E-state index is 12.0. The minimum Gasteiger partial charge on any atom is -0.497 e. The van der Waals surface area contributed by atoms with Crippen LogP contribution in [0.15, 0.2) is 24.3 Å². The van der Waals surface area contributed by atoms with E-state index in [1.54, 1.807) is 7.11 Å². The Kier molecular flexibility index (Phi) is 5.01. The first-order valence-corrected chi connectivity index (χ1v) is 7.27. The lowest BCUT2D eigenvalue weighted by Gasteiger charge is -2.32. The lowest BCUT2D eigenvalue weighted by molar-refractivity contribution is -0.132. The van der Waals surface area contributed by atoms with Gasteiger partial charge in [-0.3, -0.25) is 4.79 Å². The zero-order valence-corrected chi connectivity index (χ0v) is 12.3. The molecule has 1 aromatic rings. The van der Waals surface area contributed by atoms with Gasteiger partial charge in [0.1, 0.15) is 5.75 Å². The number of benzene rings is 1. The van der Waals surface area contributed by atoms with E-state index < -0.39 is 0 Å². The molecule has 0 aromatic heterocycles.